The van der Waals surface area contributed by atoms with Gasteiger partial charge in [-0.25, -0.2) is 0 Å². The number of tetrazole rings is 1. The average molecular weight is 462 g/mol. The van der Waals surface area contributed by atoms with Crippen molar-refractivity contribution in [3.8, 4) is 17.3 Å². The van der Waals surface area contributed by atoms with Crippen molar-refractivity contribution in [1.82, 2.24) is 20.6 Å². The summed E-state index contributed by atoms with van der Waals surface area (Å²) in [6.45, 7) is 2.85. The second-order valence-electron chi connectivity index (χ2n) is 8.06. The summed E-state index contributed by atoms with van der Waals surface area (Å²) in [7, 11) is 0. The van der Waals surface area contributed by atoms with E-state index in [4.69, 9.17) is 14.9 Å². The quantitative estimate of drug-likeness (QED) is 0.246. The van der Waals surface area contributed by atoms with Gasteiger partial charge >= 0.3 is 0 Å². The number of H-pyrrole nitrogens is 1. The zero-order valence-electron chi connectivity index (χ0n) is 19.0. The largest absolute Gasteiger partial charge is 0.494 e. The highest BCUT2D eigenvalue weighted by atomic mass is 16.5. The number of carbonyl (C=O) groups excluding carboxylic acids is 1. The van der Waals surface area contributed by atoms with Crippen molar-refractivity contribution in [3.63, 3.8) is 0 Å². The number of nitrogen functional groups attached to an aromatic ring is 1. The van der Waals surface area contributed by atoms with Crippen LogP contribution in [0.4, 0.5) is 5.69 Å². The van der Waals surface area contributed by atoms with Gasteiger partial charge in [-0.15, -0.1) is 10.2 Å². The van der Waals surface area contributed by atoms with Crippen molar-refractivity contribution in [2.24, 2.45) is 0 Å². The minimum atomic E-state index is -0.464. The first kappa shape index (κ1) is 23.2. The van der Waals surface area contributed by atoms with Crippen molar-refractivity contribution in [1.29, 1.82) is 0 Å². The summed E-state index contributed by atoms with van der Waals surface area (Å²) in [5.41, 5.74) is 6.14. The molecule has 0 aliphatic rings. The summed E-state index contributed by atoms with van der Waals surface area (Å²) in [6.07, 6.45) is 7.17. The van der Waals surface area contributed by atoms with E-state index in [1.165, 1.54) is 25.7 Å². The van der Waals surface area contributed by atoms with Crippen LogP contribution < -0.4 is 15.9 Å². The SMILES string of the molecule is CCCCCCCCOc1ccc(C(=O)c2cccc3c(=O)c(N)c(-c4nn[nH]n4)oc23)cc1. The first-order chi connectivity index (χ1) is 16.6. The van der Waals surface area contributed by atoms with Crippen LogP contribution in [-0.4, -0.2) is 33.0 Å². The van der Waals surface area contributed by atoms with Crippen LogP contribution in [-0.2, 0) is 0 Å². The smallest absolute Gasteiger partial charge is 0.242 e. The Kier molecular flexibility index (Phi) is 7.31. The highest BCUT2D eigenvalue weighted by Crippen LogP contribution is 2.28. The molecule has 0 radical (unpaired) electrons. The van der Waals surface area contributed by atoms with Crippen molar-refractivity contribution in [2.45, 2.75) is 45.4 Å². The number of unbranched alkanes of at least 4 members (excludes halogenated alkanes) is 5. The van der Waals surface area contributed by atoms with E-state index < -0.39 is 5.43 Å². The third kappa shape index (κ3) is 4.98. The van der Waals surface area contributed by atoms with Crippen LogP contribution in [0.2, 0.25) is 0 Å². The Morgan fingerprint density at radius 2 is 1.82 bits per heavy atom. The molecule has 3 N–H and O–H groups in total. The topological polar surface area (TPSA) is 137 Å². The lowest BCUT2D eigenvalue weighted by Gasteiger charge is -2.09. The second-order valence-corrected chi connectivity index (χ2v) is 8.06. The summed E-state index contributed by atoms with van der Waals surface area (Å²) in [4.78, 5) is 26.1. The number of nitrogens with two attached hydrogens (primary N) is 1. The number of ketones is 1. The number of ether oxygens (including phenoxy) is 1. The predicted molar refractivity (Wildman–Crippen MR) is 129 cm³/mol. The van der Waals surface area contributed by atoms with Crippen molar-refractivity contribution < 1.29 is 13.9 Å². The first-order valence-electron chi connectivity index (χ1n) is 11.5. The molecule has 9 nitrogen and oxygen atoms in total. The summed E-state index contributed by atoms with van der Waals surface area (Å²) in [5.74, 6) is 0.414. The predicted octanol–water partition coefficient (Wildman–Crippen LogP) is 4.53. The molecule has 4 aromatic rings. The van der Waals surface area contributed by atoms with Crippen molar-refractivity contribution in [3.05, 3.63) is 63.8 Å². The first-order valence-corrected chi connectivity index (χ1v) is 11.5. The Hall–Kier alpha value is -4.01. The van der Waals surface area contributed by atoms with Gasteiger partial charge in [0, 0.05) is 5.56 Å². The van der Waals surface area contributed by atoms with Gasteiger partial charge in [0.1, 0.15) is 17.0 Å². The number of para-hydroxylation sites is 1. The molecule has 0 saturated heterocycles. The van der Waals surface area contributed by atoms with Gasteiger partial charge in [-0.1, -0.05) is 45.1 Å². The molecule has 0 saturated carbocycles. The number of fused-ring (bicyclic) bond motifs is 1. The van der Waals surface area contributed by atoms with Crippen LogP contribution in [0.5, 0.6) is 5.75 Å². The van der Waals surface area contributed by atoms with Gasteiger partial charge in [0.05, 0.1) is 17.6 Å². The van der Waals surface area contributed by atoms with Gasteiger partial charge in [0.25, 0.3) is 0 Å². The molecule has 0 bridgehead atoms. The van der Waals surface area contributed by atoms with E-state index in [0.29, 0.717) is 17.9 Å². The molecule has 2 aromatic heterocycles. The summed E-state index contributed by atoms with van der Waals surface area (Å²) in [5, 5.41) is 13.6. The fraction of sp³-hybridized carbons (Fsp3) is 0.320. The maximum atomic E-state index is 13.3. The fourth-order valence-corrected chi connectivity index (χ4v) is 3.76. The molecular formula is C25H27N5O4. The van der Waals surface area contributed by atoms with E-state index in [-0.39, 0.29) is 39.6 Å². The lowest BCUT2D eigenvalue weighted by molar-refractivity contribution is 0.103. The van der Waals surface area contributed by atoms with Gasteiger partial charge in [0.2, 0.25) is 17.0 Å². The molecule has 176 valence electrons. The Balaban J connectivity index is 1.52. The standard InChI is InChI=1S/C25H27N5O4/c1-2-3-4-5-6-7-15-33-17-13-11-16(12-14-17)21(31)18-9-8-10-19-22(32)20(26)24(34-23(18)19)25-27-29-30-28-25/h8-14H,2-7,15,26H2,1H3,(H,27,28,29,30). The van der Waals surface area contributed by atoms with E-state index >= 15 is 0 Å². The van der Waals surface area contributed by atoms with Crippen molar-refractivity contribution in [2.75, 3.05) is 12.3 Å². The molecule has 34 heavy (non-hydrogen) atoms. The Labute approximate surface area is 196 Å². The molecule has 0 spiro atoms. The number of aromatic nitrogens is 4. The maximum absolute atomic E-state index is 13.3. The molecule has 0 atom stereocenters. The van der Waals surface area contributed by atoms with Crippen LogP contribution >= 0.6 is 0 Å². The van der Waals surface area contributed by atoms with Crippen LogP contribution in [0.1, 0.15) is 61.4 Å². The molecule has 0 aliphatic heterocycles. The van der Waals surface area contributed by atoms with Gasteiger partial charge in [-0.2, -0.15) is 5.21 Å². The van der Waals surface area contributed by atoms with E-state index in [0.717, 1.165) is 12.8 Å². The molecule has 4 rings (SSSR count). The number of anilines is 1. The van der Waals surface area contributed by atoms with Crippen LogP contribution in [0.25, 0.3) is 22.6 Å². The Morgan fingerprint density at radius 1 is 1.06 bits per heavy atom. The fourth-order valence-electron chi connectivity index (χ4n) is 3.76. The molecule has 0 amide bonds. The number of nitrogens with zero attached hydrogens (tertiary/aromatic N) is 3. The Bertz CT molecular complexity index is 1310. The zero-order valence-corrected chi connectivity index (χ0v) is 19.0. The number of aromatic amines is 1. The summed E-state index contributed by atoms with van der Waals surface area (Å²) in [6, 6.07) is 11.7. The Morgan fingerprint density at radius 3 is 2.56 bits per heavy atom. The third-order valence-corrected chi connectivity index (χ3v) is 5.63. The number of nitrogens with one attached hydrogen (secondary N) is 1. The lowest BCUT2D eigenvalue weighted by Crippen LogP contribution is -2.12. The minimum Gasteiger partial charge on any atom is -0.494 e. The number of hydrogen-bond donors (Lipinski definition) is 2. The number of benzene rings is 2. The van der Waals surface area contributed by atoms with Crippen LogP contribution in [0.15, 0.2) is 51.7 Å². The zero-order chi connectivity index (χ0) is 23.9. The number of rotatable bonds is 11. The normalized spacial score (nSPS) is 11.1. The van der Waals surface area contributed by atoms with Crippen LogP contribution in [0, 0.1) is 0 Å². The third-order valence-electron chi connectivity index (χ3n) is 5.63. The number of carbonyl (C=O) groups is 1. The molecule has 0 unspecified atom stereocenters. The monoisotopic (exact) mass is 461 g/mol. The highest BCUT2D eigenvalue weighted by Gasteiger charge is 2.21. The van der Waals surface area contributed by atoms with Gasteiger partial charge in [0.15, 0.2) is 5.78 Å². The molecule has 2 heterocycles. The molecule has 2 aromatic carbocycles. The van der Waals surface area contributed by atoms with E-state index in [1.54, 1.807) is 42.5 Å². The van der Waals surface area contributed by atoms with Gasteiger partial charge in [-0.05, 0) is 48.0 Å². The highest BCUT2D eigenvalue weighted by molar-refractivity contribution is 6.15. The summed E-state index contributed by atoms with van der Waals surface area (Å²) < 4.78 is 11.7. The van der Waals surface area contributed by atoms with E-state index in [1.807, 2.05) is 0 Å². The molecular weight excluding hydrogens is 434 g/mol. The number of hydrogen-bond acceptors (Lipinski definition) is 8. The summed E-state index contributed by atoms with van der Waals surface area (Å²) >= 11 is 0. The van der Waals surface area contributed by atoms with E-state index in [9.17, 15) is 9.59 Å². The molecule has 0 aliphatic carbocycles. The van der Waals surface area contributed by atoms with E-state index in [2.05, 4.69) is 27.5 Å². The van der Waals surface area contributed by atoms with Gasteiger partial charge in [-0.3, -0.25) is 9.59 Å². The lowest BCUT2D eigenvalue weighted by atomic mass is 10.0. The van der Waals surface area contributed by atoms with Gasteiger partial charge < -0.3 is 14.9 Å². The van der Waals surface area contributed by atoms with Crippen LogP contribution in [0.3, 0.4) is 0 Å². The minimum absolute atomic E-state index is 0.0330. The second kappa shape index (κ2) is 10.7. The molecule has 9 heteroatoms. The molecule has 0 fully saturated rings. The maximum Gasteiger partial charge on any atom is 0.242 e. The average Bonchev–Trinajstić information content (AvgIpc) is 3.40. The van der Waals surface area contributed by atoms with Crippen molar-refractivity contribution >= 4 is 22.4 Å².